The first kappa shape index (κ1) is 9.71. The van der Waals surface area contributed by atoms with Gasteiger partial charge in [0, 0.05) is 0 Å². The van der Waals surface area contributed by atoms with Gasteiger partial charge in [-0.1, -0.05) is 6.07 Å². The summed E-state index contributed by atoms with van der Waals surface area (Å²) in [7, 11) is 1.34. The fourth-order valence-electron chi connectivity index (χ4n) is 1.49. The number of methoxy groups -OCH3 is 1. The monoisotopic (exact) mass is 206 g/mol. The average Bonchev–Trinajstić information content (AvgIpc) is 2.60. The molecule has 0 aliphatic carbocycles. The van der Waals surface area contributed by atoms with E-state index in [9.17, 15) is 9.59 Å². The van der Waals surface area contributed by atoms with Gasteiger partial charge >= 0.3 is 5.97 Å². The van der Waals surface area contributed by atoms with Crippen LogP contribution in [0.5, 0.6) is 5.75 Å². The van der Waals surface area contributed by atoms with Crippen molar-refractivity contribution in [2.24, 2.45) is 0 Å². The Kier molecular flexibility index (Phi) is 2.41. The molecule has 78 valence electrons. The molecule has 1 aliphatic heterocycles. The highest BCUT2D eigenvalue weighted by atomic mass is 16.5. The van der Waals surface area contributed by atoms with E-state index in [1.807, 2.05) is 0 Å². The first-order valence-electron chi connectivity index (χ1n) is 4.56. The lowest BCUT2D eigenvalue weighted by molar-refractivity contribution is -0.139. The van der Waals surface area contributed by atoms with Gasteiger partial charge in [0.05, 0.1) is 19.1 Å². The second kappa shape index (κ2) is 3.73. The van der Waals surface area contributed by atoms with E-state index in [-0.39, 0.29) is 24.8 Å². The highest BCUT2D eigenvalue weighted by Crippen LogP contribution is 2.26. The van der Waals surface area contributed by atoms with Crippen molar-refractivity contribution < 1.29 is 19.1 Å². The summed E-state index contributed by atoms with van der Waals surface area (Å²) in [5.74, 6) is 0.232. The molecule has 0 bridgehead atoms. The van der Waals surface area contributed by atoms with Gasteiger partial charge in [0.2, 0.25) is 5.78 Å². The number of fused-ring (bicyclic) bond motifs is 1. The van der Waals surface area contributed by atoms with E-state index in [1.54, 1.807) is 18.2 Å². The first-order chi connectivity index (χ1) is 7.20. The Labute approximate surface area is 86.8 Å². The van der Waals surface area contributed by atoms with Crippen LogP contribution in [0.3, 0.4) is 0 Å². The van der Waals surface area contributed by atoms with Gasteiger partial charge < -0.3 is 9.47 Å². The Morgan fingerprint density at radius 3 is 3.07 bits per heavy atom. The number of hydrogen-bond acceptors (Lipinski definition) is 4. The second-order valence-electron chi connectivity index (χ2n) is 3.30. The van der Waals surface area contributed by atoms with Crippen molar-refractivity contribution in [3.8, 4) is 5.75 Å². The molecule has 0 N–H and O–H groups in total. The number of rotatable bonds is 2. The predicted molar refractivity (Wildman–Crippen MR) is 52.0 cm³/mol. The summed E-state index contributed by atoms with van der Waals surface area (Å²) in [4.78, 5) is 22.3. The van der Waals surface area contributed by atoms with Crippen LogP contribution in [0, 0.1) is 0 Å². The zero-order valence-electron chi connectivity index (χ0n) is 8.28. The zero-order valence-corrected chi connectivity index (χ0v) is 8.28. The molecule has 4 nitrogen and oxygen atoms in total. The number of Topliss-reactive ketones (excluding diaryl/α,β-unsaturated/α-hetero) is 1. The van der Waals surface area contributed by atoms with Crippen LogP contribution in [0.2, 0.25) is 0 Å². The molecule has 1 aromatic carbocycles. The minimum absolute atomic E-state index is 0.0189. The first-order valence-corrected chi connectivity index (χ1v) is 4.56. The molecule has 1 aliphatic rings. The average molecular weight is 206 g/mol. The number of ether oxygens (including phenoxy) is 2. The molecular weight excluding hydrogens is 196 g/mol. The van der Waals surface area contributed by atoms with Gasteiger partial charge in [0.1, 0.15) is 5.75 Å². The van der Waals surface area contributed by atoms with Crippen LogP contribution < -0.4 is 4.74 Å². The Balaban J connectivity index is 2.23. The van der Waals surface area contributed by atoms with Crippen LogP contribution in [-0.2, 0) is 16.0 Å². The Bertz CT molecular complexity index is 423. The van der Waals surface area contributed by atoms with Gasteiger partial charge in [-0.15, -0.1) is 0 Å². The van der Waals surface area contributed by atoms with Crippen molar-refractivity contribution in [1.82, 2.24) is 0 Å². The highest BCUT2D eigenvalue weighted by Gasteiger charge is 2.21. The van der Waals surface area contributed by atoms with Crippen molar-refractivity contribution in [2.45, 2.75) is 6.42 Å². The Morgan fingerprint density at radius 1 is 1.53 bits per heavy atom. The number of carbonyl (C=O) groups excluding carboxylic acids is 2. The van der Waals surface area contributed by atoms with Gasteiger partial charge in [-0.05, 0) is 17.7 Å². The number of ketones is 1. The standard InChI is InChI=1S/C11H10O4/c1-14-11(13)5-7-2-3-8-9(12)6-15-10(8)4-7/h2-4H,5-6H2,1H3. The largest absolute Gasteiger partial charge is 0.485 e. The van der Waals surface area contributed by atoms with Crippen molar-refractivity contribution >= 4 is 11.8 Å². The molecule has 0 atom stereocenters. The number of benzene rings is 1. The summed E-state index contributed by atoms with van der Waals surface area (Å²) in [6, 6.07) is 5.13. The van der Waals surface area contributed by atoms with Gasteiger partial charge in [-0.3, -0.25) is 9.59 Å². The molecule has 0 spiro atoms. The molecule has 15 heavy (non-hydrogen) atoms. The van der Waals surface area contributed by atoms with Crippen molar-refractivity contribution in [2.75, 3.05) is 13.7 Å². The summed E-state index contributed by atoms with van der Waals surface area (Å²) in [5, 5.41) is 0. The van der Waals surface area contributed by atoms with Gasteiger partial charge in [-0.2, -0.15) is 0 Å². The molecule has 0 unspecified atom stereocenters. The maximum absolute atomic E-state index is 11.2. The topological polar surface area (TPSA) is 52.6 Å². The fraction of sp³-hybridized carbons (Fsp3) is 0.273. The van der Waals surface area contributed by atoms with Crippen LogP contribution in [0.4, 0.5) is 0 Å². The predicted octanol–water partition coefficient (Wildman–Crippen LogP) is 0.977. The minimum Gasteiger partial charge on any atom is -0.485 e. The van der Waals surface area contributed by atoms with Crippen LogP contribution in [0.25, 0.3) is 0 Å². The molecule has 1 aromatic rings. The maximum Gasteiger partial charge on any atom is 0.309 e. The molecule has 2 rings (SSSR count). The van der Waals surface area contributed by atoms with Crippen LogP contribution in [0.1, 0.15) is 15.9 Å². The van der Waals surface area contributed by atoms with Crippen molar-refractivity contribution in [3.63, 3.8) is 0 Å². The lowest BCUT2D eigenvalue weighted by atomic mass is 10.1. The molecule has 1 heterocycles. The lowest BCUT2D eigenvalue weighted by Crippen LogP contribution is -2.04. The van der Waals surface area contributed by atoms with Crippen LogP contribution >= 0.6 is 0 Å². The van der Waals surface area contributed by atoms with Crippen LogP contribution in [0.15, 0.2) is 18.2 Å². The van der Waals surface area contributed by atoms with E-state index in [0.29, 0.717) is 11.3 Å². The number of carbonyl (C=O) groups is 2. The Morgan fingerprint density at radius 2 is 2.33 bits per heavy atom. The summed E-state index contributed by atoms with van der Waals surface area (Å²) in [5.41, 5.74) is 1.37. The normalized spacial score (nSPS) is 13.3. The van der Waals surface area contributed by atoms with E-state index >= 15 is 0 Å². The molecule has 0 aromatic heterocycles. The van der Waals surface area contributed by atoms with E-state index in [1.165, 1.54) is 7.11 Å². The van der Waals surface area contributed by atoms with E-state index in [0.717, 1.165) is 5.56 Å². The maximum atomic E-state index is 11.2. The van der Waals surface area contributed by atoms with E-state index < -0.39 is 0 Å². The number of hydrogen-bond donors (Lipinski definition) is 0. The van der Waals surface area contributed by atoms with Gasteiger partial charge in [0.25, 0.3) is 0 Å². The molecule has 0 fully saturated rings. The number of esters is 1. The summed E-state index contributed by atoms with van der Waals surface area (Å²) < 4.78 is 9.71. The molecule has 0 saturated carbocycles. The summed E-state index contributed by atoms with van der Waals surface area (Å²) in [6.07, 6.45) is 0.196. The van der Waals surface area contributed by atoms with Crippen LogP contribution in [-0.4, -0.2) is 25.5 Å². The second-order valence-corrected chi connectivity index (χ2v) is 3.30. The van der Waals surface area contributed by atoms with Gasteiger partial charge in [-0.25, -0.2) is 0 Å². The summed E-state index contributed by atoms with van der Waals surface area (Å²) in [6.45, 7) is 0.0943. The van der Waals surface area contributed by atoms with Crippen molar-refractivity contribution in [3.05, 3.63) is 29.3 Å². The van der Waals surface area contributed by atoms with Crippen molar-refractivity contribution in [1.29, 1.82) is 0 Å². The molecular formula is C11H10O4. The van der Waals surface area contributed by atoms with E-state index in [2.05, 4.69) is 4.74 Å². The smallest absolute Gasteiger partial charge is 0.309 e. The SMILES string of the molecule is COC(=O)Cc1ccc2c(c1)OCC2=O. The molecule has 0 amide bonds. The zero-order chi connectivity index (χ0) is 10.8. The lowest BCUT2D eigenvalue weighted by Gasteiger charge is -2.02. The van der Waals surface area contributed by atoms with Gasteiger partial charge in [0.15, 0.2) is 6.61 Å². The third-order valence-corrected chi connectivity index (χ3v) is 2.28. The third-order valence-electron chi connectivity index (χ3n) is 2.28. The van der Waals surface area contributed by atoms with E-state index in [4.69, 9.17) is 4.74 Å². The third kappa shape index (κ3) is 1.83. The molecule has 0 saturated heterocycles. The quantitative estimate of drug-likeness (QED) is 0.677. The highest BCUT2D eigenvalue weighted by molar-refractivity contribution is 6.02. The Hall–Kier alpha value is -1.84. The minimum atomic E-state index is -0.306. The fourth-order valence-corrected chi connectivity index (χ4v) is 1.49. The summed E-state index contributed by atoms with van der Waals surface area (Å²) >= 11 is 0. The molecule has 4 heteroatoms. The molecule has 0 radical (unpaired) electrons.